The summed E-state index contributed by atoms with van der Waals surface area (Å²) >= 11 is 1.76. The van der Waals surface area contributed by atoms with Crippen LogP contribution in [0.4, 0.5) is 5.69 Å². The molecular weight excluding hydrogens is 242 g/mol. The first-order valence-corrected chi connectivity index (χ1v) is 7.44. The zero-order valence-corrected chi connectivity index (χ0v) is 11.7. The van der Waals surface area contributed by atoms with Gasteiger partial charge in [-0.25, -0.2) is 4.98 Å². The van der Waals surface area contributed by atoms with Crippen molar-refractivity contribution in [3.63, 3.8) is 0 Å². The topological polar surface area (TPSA) is 29.9 Å². The monoisotopic (exact) mass is 261 g/mol. The van der Waals surface area contributed by atoms with Crippen LogP contribution in [0, 0.1) is 0 Å². The molecule has 0 saturated carbocycles. The third kappa shape index (κ3) is 3.29. The third-order valence-corrected chi connectivity index (χ3v) is 3.51. The van der Waals surface area contributed by atoms with E-state index >= 15 is 0 Å². The van der Waals surface area contributed by atoms with E-state index in [2.05, 4.69) is 52.3 Å². The fourth-order valence-corrected chi connectivity index (χ4v) is 2.33. The Kier molecular flexibility index (Phi) is 4.70. The highest BCUT2D eigenvalue weighted by Gasteiger charge is 2.02. The minimum Gasteiger partial charge on any atom is -0.378 e. The second kappa shape index (κ2) is 6.50. The van der Waals surface area contributed by atoms with Crippen LogP contribution in [0.15, 0.2) is 41.6 Å². The van der Waals surface area contributed by atoms with Gasteiger partial charge < -0.3 is 9.88 Å². The Bertz CT molecular complexity index is 493. The van der Waals surface area contributed by atoms with Gasteiger partial charge in [0, 0.05) is 29.5 Å². The molecule has 1 aromatic carbocycles. The fourth-order valence-electron chi connectivity index (χ4n) is 1.87. The van der Waals surface area contributed by atoms with E-state index in [0.717, 1.165) is 31.0 Å². The van der Waals surface area contributed by atoms with Gasteiger partial charge in [-0.1, -0.05) is 13.0 Å². The van der Waals surface area contributed by atoms with E-state index in [4.69, 9.17) is 0 Å². The number of rotatable bonds is 6. The molecule has 0 bridgehead atoms. The van der Waals surface area contributed by atoms with Crippen molar-refractivity contribution < 1.29 is 0 Å². The van der Waals surface area contributed by atoms with Gasteiger partial charge in [0.1, 0.15) is 5.82 Å². The van der Waals surface area contributed by atoms with Crippen LogP contribution in [-0.4, -0.2) is 15.8 Å². The van der Waals surface area contributed by atoms with Gasteiger partial charge in [-0.05, 0) is 30.9 Å². The van der Waals surface area contributed by atoms with E-state index in [-0.39, 0.29) is 0 Å². The Balaban J connectivity index is 1.99. The Labute approximate surface area is 113 Å². The van der Waals surface area contributed by atoms with Crippen molar-refractivity contribution in [1.82, 2.24) is 9.55 Å². The zero-order chi connectivity index (χ0) is 12.8. The molecule has 0 amide bonds. The summed E-state index contributed by atoms with van der Waals surface area (Å²) in [6.45, 7) is 3.98. The first kappa shape index (κ1) is 13.0. The molecule has 0 unspecified atom stereocenters. The van der Waals surface area contributed by atoms with Gasteiger partial charge in [0.15, 0.2) is 0 Å². The van der Waals surface area contributed by atoms with E-state index in [1.165, 1.54) is 4.90 Å². The maximum Gasteiger partial charge on any atom is 0.128 e. The van der Waals surface area contributed by atoms with Crippen LogP contribution < -0.4 is 5.32 Å². The second-order valence-corrected chi connectivity index (χ2v) is 5.00. The molecule has 3 nitrogen and oxygen atoms in total. The van der Waals surface area contributed by atoms with Gasteiger partial charge in [-0.15, -0.1) is 11.8 Å². The van der Waals surface area contributed by atoms with Crippen molar-refractivity contribution in [3.8, 4) is 0 Å². The number of aromatic nitrogens is 2. The maximum absolute atomic E-state index is 4.39. The van der Waals surface area contributed by atoms with E-state index in [1.54, 1.807) is 11.8 Å². The van der Waals surface area contributed by atoms with Crippen LogP contribution in [0.1, 0.15) is 19.2 Å². The molecule has 18 heavy (non-hydrogen) atoms. The number of nitrogens with one attached hydrogen (secondary N) is 1. The Morgan fingerprint density at radius 1 is 1.39 bits per heavy atom. The van der Waals surface area contributed by atoms with Crippen LogP contribution in [-0.2, 0) is 13.1 Å². The summed E-state index contributed by atoms with van der Waals surface area (Å²) in [4.78, 5) is 5.66. The lowest BCUT2D eigenvalue weighted by Gasteiger charge is -2.09. The number of thioether (sulfide) groups is 1. The molecule has 2 aromatic rings. The highest BCUT2D eigenvalue weighted by atomic mass is 32.2. The number of hydrogen-bond acceptors (Lipinski definition) is 3. The molecule has 0 aliphatic carbocycles. The highest BCUT2D eigenvalue weighted by Crippen LogP contribution is 2.19. The average molecular weight is 261 g/mol. The first-order valence-electron chi connectivity index (χ1n) is 6.21. The number of hydrogen-bond donors (Lipinski definition) is 1. The fraction of sp³-hybridized carbons (Fsp3) is 0.357. The van der Waals surface area contributed by atoms with Crippen LogP contribution in [0.5, 0.6) is 0 Å². The van der Waals surface area contributed by atoms with Gasteiger partial charge in [0.05, 0.1) is 6.54 Å². The van der Waals surface area contributed by atoms with Crippen LogP contribution in [0.3, 0.4) is 0 Å². The van der Waals surface area contributed by atoms with E-state index in [0.29, 0.717) is 0 Å². The molecular formula is C14H19N3S. The number of nitrogens with zero attached hydrogens (tertiary/aromatic N) is 2. The van der Waals surface area contributed by atoms with Crippen LogP contribution >= 0.6 is 11.8 Å². The Hall–Kier alpha value is -1.42. The van der Waals surface area contributed by atoms with Crippen molar-refractivity contribution in [3.05, 3.63) is 42.5 Å². The first-order chi connectivity index (χ1) is 8.83. The smallest absolute Gasteiger partial charge is 0.128 e. The van der Waals surface area contributed by atoms with Crippen molar-refractivity contribution >= 4 is 17.4 Å². The van der Waals surface area contributed by atoms with Gasteiger partial charge >= 0.3 is 0 Å². The molecule has 0 radical (unpaired) electrons. The molecule has 0 saturated heterocycles. The molecule has 1 aromatic heterocycles. The third-order valence-electron chi connectivity index (χ3n) is 2.79. The maximum atomic E-state index is 4.39. The Morgan fingerprint density at radius 2 is 2.28 bits per heavy atom. The van der Waals surface area contributed by atoms with E-state index in [1.807, 2.05) is 12.4 Å². The van der Waals surface area contributed by atoms with Crippen LogP contribution in [0.25, 0.3) is 0 Å². The normalized spacial score (nSPS) is 10.6. The predicted molar refractivity (Wildman–Crippen MR) is 78.1 cm³/mol. The average Bonchev–Trinajstić information content (AvgIpc) is 2.85. The molecule has 0 aliphatic heterocycles. The SMILES string of the molecule is CCCn1ccnc1CNc1cccc(SC)c1. The van der Waals surface area contributed by atoms with Crippen LogP contribution in [0.2, 0.25) is 0 Å². The molecule has 0 spiro atoms. The molecule has 2 rings (SSSR count). The lowest BCUT2D eigenvalue weighted by molar-refractivity contribution is 0.644. The molecule has 1 heterocycles. The number of benzene rings is 1. The minimum absolute atomic E-state index is 0.769. The van der Waals surface area contributed by atoms with Gasteiger partial charge in [0.2, 0.25) is 0 Å². The summed E-state index contributed by atoms with van der Waals surface area (Å²) < 4.78 is 2.20. The summed E-state index contributed by atoms with van der Waals surface area (Å²) in [6, 6.07) is 8.45. The predicted octanol–water partition coefficient (Wildman–Crippen LogP) is 3.63. The summed E-state index contributed by atoms with van der Waals surface area (Å²) in [6.07, 6.45) is 7.13. The summed E-state index contributed by atoms with van der Waals surface area (Å²) in [5, 5.41) is 3.42. The van der Waals surface area contributed by atoms with Crippen molar-refractivity contribution in [2.45, 2.75) is 31.3 Å². The highest BCUT2D eigenvalue weighted by molar-refractivity contribution is 7.98. The number of anilines is 1. The quantitative estimate of drug-likeness (QED) is 0.805. The molecule has 1 N–H and O–H groups in total. The minimum atomic E-state index is 0.769. The molecule has 0 fully saturated rings. The summed E-state index contributed by atoms with van der Waals surface area (Å²) in [5.74, 6) is 1.09. The molecule has 0 aliphatic rings. The lowest BCUT2D eigenvalue weighted by Crippen LogP contribution is -2.08. The van der Waals surface area contributed by atoms with Gasteiger partial charge in [-0.3, -0.25) is 0 Å². The van der Waals surface area contributed by atoms with Gasteiger partial charge in [-0.2, -0.15) is 0 Å². The van der Waals surface area contributed by atoms with Crippen molar-refractivity contribution in [1.29, 1.82) is 0 Å². The Morgan fingerprint density at radius 3 is 3.06 bits per heavy atom. The summed E-state index contributed by atoms with van der Waals surface area (Å²) in [7, 11) is 0. The second-order valence-electron chi connectivity index (χ2n) is 4.12. The molecule has 96 valence electrons. The van der Waals surface area contributed by atoms with Crippen molar-refractivity contribution in [2.75, 3.05) is 11.6 Å². The number of imidazole rings is 1. The molecule has 0 atom stereocenters. The molecule has 4 heteroatoms. The summed E-state index contributed by atoms with van der Waals surface area (Å²) in [5.41, 5.74) is 1.15. The zero-order valence-electron chi connectivity index (χ0n) is 10.9. The largest absolute Gasteiger partial charge is 0.378 e. The van der Waals surface area contributed by atoms with Crippen molar-refractivity contribution in [2.24, 2.45) is 0 Å². The van der Waals surface area contributed by atoms with E-state index < -0.39 is 0 Å². The number of aryl methyl sites for hydroxylation is 1. The van der Waals surface area contributed by atoms with Gasteiger partial charge in [0.25, 0.3) is 0 Å². The van der Waals surface area contributed by atoms with E-state index in [9.17, 15) is 0 Å². The standard InChI is InChI=1S/C14H19N3S/c1-3-8-17-9-7-15-14(17)11-16-12-5-4-6-13(10-12)18-2/h4-7,9-10,16H,3,8,11H2,1-2H3. The lowest BCUT2D eigenvalue weighted by atomic mass is 10.3.